The van der Waals surface area contributed by atoms with Gasteiger partial charge in [0.1, 0.15) is 34.7 Å². The zero-order valence-electron chi connectivity index (χ0n) is 30.8. The van der Waals surface area contributed by atoms with E-state index in [4.69, 9.17) is 0 Å². The molecule has 5 aromatic rings. The van der Waals surface area contributed by atoms with Gasteiger partial charge in [0.2, 0.25) is 17.8 Å². The SMILES string of the molecule is Cc1nc2c(F)cc(-c3nc(Nc4ccc(CN5CCN(Cc6ccc7c(c6F)C(=O)N(C6CCC(=O)NC6=O)C7=O)CC5)cn4)ncc3F)cc2n1C(C)C. The van der Waals surface area contributed by atoms with Crippen LogP contribution in [0, 0.1) is 24.4 Å². The van der Waals surface area contributed by atoms with Crippen LogP contribution >= 0.6 is 0 Å². The summed E-state index contributed by atoms with van der Waals surface area (Å²) in [6, 6.07) is 8.34. The number of halogens is 3. The summed E-state index contributed by atoms with van der Waals surface area (Å²) in [5, 5.41) is 5.14. The van der Waals surface area contributed by atoms with Crippen molar-refractivity contribution in [2.24, 2.45) is 0 Å². The van der Waals surface area contributed by atoms with Gasteiger partial charge in [-0.25, -0.2) is 33.1 Å². The number of carbonyl (C=O) groups excluding carboxylic acids is 4. The lowest BCUT2D eigenvalue weighted by Crippen LogP contribution is -2.54. The molecule has 3 aromatic heterocycles. The fourth-order valence-electron chi connectivity index (χ4n) is 7.68. The smallest absolute Gasteiger partial charge is 0.265 e. The van der Waals surface area contributed by atoms with Crippen LogP contribution < -0.4 is 10.6 Å². The molecule has 0 saturated carbocycles. The zero-order valence-corrected chi connectivity index (χ0v) is 30.8. The molecule has 1 atom stereocenters. The molecule has 2 N–H and O–H groups in total. The molecule has 0 spiro atoms. The number of imidazole rings is 1. The first-order chi connectivity index (χ1) is 26.9. The average Bonchev–Trinajstić information content (AvgIpc) is 3.64. The number of piperidine rings is 1. The second-order valence-corrected chi connectivity index (χ2v) is 14.5. The van der Waals surface area contributed by atoms with Gasteiger partial charge in [-0.2, -0.15) is 0 Å². The maximum atomic E-state index is 15.8. The van der Waals surface area contributed by atoms with E-state index in [2.05, 4.69) is 40.4 Å². The first-order valence-corrected chi connectivity index (χ1v) is 18.3. The van der Waals surface area contributed by atoms with Crippen LogP contribution in [-0.2, 0) is 22.7 Å². The molecule has 3 aliphatic rings. The topological polar surface area (TPSA) is 159 Å². The number of piperazine rings is 1. The van der Waals surface area contributed by atoms with E-state index in [0.29, 0.717) is 49.9 Å². The van der Waals surface area contributed by atoms with Gasteiger partial charge in [0.25, 0.3) is 11.8 Å². The second kappa shape index (κ2) is 14.5. The molecule has 2 saturated heterocycles. The standard InChI is InChI=1S/C39H37F3N10O4/c1-20(2)51-21(3)45-35-26(40)14-24(15-29(35)51)34-27(41)17-44-39(48-34)46-30-8-4-22(16-43-30)18-49-10-12-50(13-11-49)19-23-5-6-25-32(33(23)42)38(56)52(37(25)55)28-7-9-31(53)47-36(28)54/h4-6,8,14-17,20,28H,7,9-13,18-19H2,1-3H3,(H,47,53,54)(H,43,44,46,48). The van der Waals surface area contributed by atoms with E-state index in [1.807, 2.05) is 24.5 Å². The van der Waals surface area contributed by atoms with Gasteiger partial charge in [-0.05, 0) is 57.0 Å². The number of benzene rings is 2. The minimum Gasteiger partial charge on any atom is -0.326 e. The van der Waals surface area contributed by atoms with E-state index in [0.717, 1.165) is 16.7 Å². The Balaban J connectivity index is 0.875. The summed E-state index contributed by atoms with van der Waals surface area (Å²) in [6.45, 7) is 9.18. The number of amides is 4. The highest BCUT2D eigenvalue weighted by molar-refractivity contribution is 6.23. The van der Waals surface area contributed by atoms with Gasteiger partial charge < -0.3 is 9.88 Å². The first kappa shape index (κ1) is 36.9. The van der Waals surface area contributed by atoms with E-state index < -0.39 is 47.1 Å². The molecule has 1 unspecified atom stereocenters. The predicted molar refractivity (Wildman–Crippen MR) is 197 cm³/mol. The number of imide groups is 2. The molecule has 2 fully saturated rings. The van der Waals surface area contributed by atoms with Crippen LogP contribution in [-0.4, -0.2) is 95.1 Å². The summed E-state index contributed by atoms with van der Waals surface area (Å²) in [5.74, 6) is -3.72. The van der Waals surface area contributed by atoms with Gasteiger partial charge >= 0.3 is 0 Å². The minimum absolute atomic E-state index is 0.00695. The third-order valence-corrected chi connectivity index (χ3v) is 10.4. The Bertz CT molecular complexity index is 2430. The highest BCUT2D eigenvalue weighted by Crippen LogP contribution is 2.33. The summed E-state index contributed by atoms with van der Waals surface area (Å²) in [7, 11) is 0. The number of aryl methyl sites for hydroxylation is 1. The Morgan fingerprint density at radius 1 is 0.875 bits per heavy atom. The van der Waals surface area contributed by atoms with Crippen molar-refractivity contribution in [3.63, 3.8) is 0 Å². The van der Waals surface area contributed by atoms with Crippen molar-refractivity contribution >= 4 is 46.4 Å². The predicted octanol–water partition coefficient (Wildman–Crippen LogP) is 4.66. The summed E-state index contributed by atoms with van der Waals surface area (Å²) in [6.07, 6.45) is 2.72. The van der Waals surface area contributed by atoms with E-state index in [1.165, 1.54) is 18.2 Å². The van der Waals surface area contributed by atoms with E-state index in [1.54, 1.807) is 25.3 Å². The molecule has 0 bridgehead atoms. The Morgan fingerprint density at radius 2 is 1.62 bits per heavy atom. The number of fused-ring (bicyclic) bond motifs is 2. The van der Waals surface area contributed by atoms with Gasteiger partial charge in [0, 0.05) is 69.1 Å². The lowest BCUT2D eigenvalue weighted by atomic mass is 10.0. The fraction of sp³-hybridized carbons (Fsp3) is 0.333. The molecular formula is C39H37F3N10O4. The third-order valence-electron chi connectivity index (χ3n) is 10.4. The molecule has 0 aliphatic carbocycles. The molecule has 8 rings (SSSR count). The quantitative estimate of drug-likeness (QED) is 0.201. The van der Waals surface area contributed by atoms with Crippen LogP contribution in [0.3, 0.4) is 0 Å². The normalized spacial score (nSPS) is 18.0. The fourth-order valence-corrected chi connectivity index (χ4v) is 7.68. The number of carbonyl (C=O) groups is 4. The Kier molecular flexibility index (Phi) is 9.58. The first-order valence-electron chi connectivity index (χ1n) is 18.3. The number of rotatable bonds is 9. The van der Waals surface area contributed by atoms with Crippen LogP contribution in [0.5, 0.6) is 0 Å². The number of hydrogen-bond donors (Lipinski definition) is 2. The van der Waals surface area contributed by atoms with Crippen LogP contribution in [0.2, 0.25) is 0 Å². The van der Waals surface area contributed by atoms with Gasteiger partial charge in [-0.1, -0.05) is 12.1 Å². The molecule has 14 nitrogen and oxygen atoms in total. The summed E-state index contributed by atoms with van der Waals surface area (Å²) in [4.78, 5) is 72.5. The van der Waals surface area contributed by atoms with Gasteiger partial charge in [-0.15, -0.1) is 0 Å². The van der Waals surface area contributed by atoms with E-state index in [-0.39, 0.29) is 64.8 Å². The van der Waals surface area contributed by atoms with Crippen LogP contribution in [0.1, 0.15) is 70.4 Å². The number of aromatic nitrogens is 5. The highest BCUT2D eigenvalue weighted by atomic mass is 19.1. The lowest BCUT2D eigenvalue weighted by molar-refractivity contribution is -0.136. The number of nitrogens with zero attached hydrogens (tertiary/aromatic N) is 8. The van der Waals surface area contributed by atoms with Crippen molar-refractivity contribution in [1.29, 1.82) is 0 Å². The monoisotopic (exact) mass is 766 g/mol. The molecule has 3 aliphatic heterocycles. The summed E-state index contributed by atoms with van der Waals surface area (Å²) >= 11 is 0. The van der Waals surface area contributed by atoms with Crippen LogP contribution in [0.4, 0.5) is 24.9 Å². The lowest BCUT2D eigenvalue weighted by Gasteiger charge is -2.34. The van der Waals surface area contributed by atoms with E-state index >= 15 is 13.2 Å². The van der Waals surface area contributed by atoms with Crippen molar-refractivity contribution < 1.29 is 32.3 Å². The number of nitrogens with one attached hydrogen (secondary N) is 2. The van der Waals surface area contributed by atoms with E-state index in [9.17, 15) is 19.2 Å². The number of anilines is 2. The van der Waals surface area contributed by atoms with Crippen LogP contribution in [0.25, 0.3) is 22.3 Å². The Morgan fingerprint density at radius 3 is 2.32 bits per heavy atom. The highest BCUT2D eigenvalue weighted by Gasteiger charge is 2.46. The third kappa shape index (κ3) is 6.76. The maximum Gasteiger partial charge on any atom is 0.265 e. The molecule has 6 heterocycles. The molecule has 56 heavy (non-hydrogen) atoms. The summed E-state index contributed by atoms with van der Waals surface area (Å²) in [5.41, 5.74) is 1.74. The molecule has 4 amide bonds. The number of hydrogen-bond acceptors (Lipinski definition) is 11. The molecular weight excluding hydrogens is 729 g/mol. The van der Waals surface area contributed by atoms with Crippen molar-refractivity contribution in [2.75, 3.05) is 31.5 Å². The molecule has 2 aromatic carbocycles. The van der Waals surface area contributed by atoms with Crippen LogP contribution in [0.15, 0.2) is 48.8 Å². The molecule has 17 heteroatoms. The minimum atomic E-state index is -1.16. The molecule has 288 valence electrons. The largest absolute Gasteiger partial charge is 0.326 e. The maximum absolute atomic E-state index is 15.8. The van der Waals surface area contributed by atoms with Gasteiger partial charge in [0.05, 0.1) is 22.8 Å². The van der Waals surface area contributed by atoms with Crippen molar-refractivity contribution in [2.45, 2.75) is 58.8 Å². The van der Waals surface area contributed by atoms with Gasteiger partial charge in [0.15, 0.2) is 11.6 Å². The second-order valence-electron chi connectivity index (χ2n) is 14.5. The average molecular weight is 767 g/mol. The number of pyridine rings is 1. The van der Waals surface area contributed by atoms with Crippen molar-refractivity contribution in [1.82, 2.24) is 44.5 Å². The zero-order chi connectivity index (χ0) is 39.4. The molecule has 0 radical (unpaired) electrons. The van der Waals surface area contributed by atoms with Crippen molar-refractivity contribution in [3.8, 4) is 11.3 Å². The van der Waals surface area contributed by atoms with Crippen molar-refractivity contribution in [3.05, 3.63) is 94.3 Å². The Labute approximate surface area is 318 Å². The summed E-state index contributed by atoms with van der Waals surface area (Å²) < 4.78 is 47.8. The Hall–Kier alpha value is -6.07. The van der Waals surface area contributed by atoms with Gasteiger partial charge in [-0.3, -0.25) is 39.2 Å².